The first-order valence-electron chi connectivity index (χ1n) is 6.62. The van der Waals surface area contributed by atoms with Gasteiger partial charge in [-0.1, -0.05) is 6.92 Å². The van der Waals surface area contributed by atoms with Gasteiger partial charge >= 0.3 is 0 Å². The third-order valence-corrected chi connectivity index (χ3v) is 4.68. The van der Waals surface area contributed by atoms with Crippen molar-refractivity contribution in [3.63, 3.8) is 0 Å². The Morgan fingerprint density at radius 3 is 2.83 bits per heavy atom. The fourth-order valence-electron chi connectivity index (χ4n) is 2.25. The van der Waals surface area contributed by atoms with Gasteiger partial charge in [-0.05, 0) is 32.4 Å². The fourth-order valence-corrected chi connectivity index (χ4v) is 3.36. The quantitative estimate of drug-likeness (QED) is 0.912. The van der Waals surface area contributed by atoms with Crippen LogP contribution in [0, 0.1) is 0 Å². The zero-order chi connectivity index (χ0) is 13.2. The molecule has 2 N–H and O–H groups in total. The molecule has 1 fully saturated rings. The molecule has 0 amide bonds. The van der Waals surface area contributed by atoms with E-state index in [9.17, 15) is 0 Å². The highest BCUT2D eigenvalue weighted by Gasteiger charge is 2.27. The summed E-state index contributed by atoms with van der Waals surface area (Å²) < 4.78 is 0.330. The van der Waals surface area contributed by atoms with Gasteiger partial charge < -0.3 is 10.6 Å². The summed E-state index contributed by atoms with van der Waals surface area (Å²) in [5.74, 6) is 1.18. The zero-order valence-corrected chi connectivity index (χ0v) is 12.3. The van der Waals surface area contributed by atoms with Gasteiger partial charge in [-0.2, -0.15) is 11.8 Å². The number of hydrogen-bond acceptors (Lipinski definition) is 4. The van der Waals surface area contributed by atoms with Crippen LogP contribution in [0.15, 0.2) is 18.3 Å². The van der Waals surface area contributed by atoms with Gasteiger partial charge in [0.25, 0.3) is 0 Å². The van der Waals surface area contributed by atoms with Crippen LogP contribution in [-0.4, -0.2) is 28.6 Å². The van der Waals surface area contributed by atoms with Gasteiger partial charge in [0, 0.05) is 29.6 Å². The summed E-state index contributed by atoms with van der Waals surface area (Å²) >= 11 is 2.05. The minimum atomic E-state index is 0.0624. The lowest BCUT2D eigenvalue weighted by molar-refractivity contribution is 0.644. The predicted molar refractivity (Wildman–Crippen MR) is 80.2 cm³/mol. The van der Waals surface area contributed by atoms with E-state index in [0.717, 1.165) is 25.2 Å². The number of anilines is 1. The van der Waals surface area contributed by atoms with E-state index in [1.807, 2.05) is 18.0 Å². The largest absolute Gasteiger partial charge is 0.368 e. The monoisotopic (exact) mass is 265 g/mol. The van der Waals surface area contributed by atoms with E-state index >= 15 is 0 Å². The summed E-state index contributed by atoms with van der Waals surface area (Å²) in [6.07, 6.45) is 2.90. The molecule has 0 radical (unpaired) electrons. The zero-order valence-electron chi connectivity index (χ0n) is 11.5. The van der Waals surface area contributed by atoms with Crippen LogP contribution in [0.5, 0.6) is 0 Å². The molecule has 3 nitrogen and oxygen atoms in total. The number of pyridine rings is 1. The SMILES string of the molecule is CCC(N)c1ccc(N2CCSC(C)(C)C2)cn1. The number of aromatic nitrogens is 1. The number of nitrogens with two attached hydrogens (primary N) is 1. The molecule has 0 aromatic carbocycles. The third kappa shape index (κ3) is 3.18. The molecule has 1 aromatic rings. The summed E-state index contributed by atoms with van der Waals surface area (Å²) in [5, 5.41) is 0. The third-order valence-electron chi connectivity index (χ3n) is 3.38. The van der Waals surface area contributed by atoms with Gasteiger partial charge in [-0.15, -0.1) is 0 Å². The van der Waals surface area contributed by atoms with Crippen LogP contribution in [0.2, 0.25) is 0 Å². The number of rotatable bonds is 3. The number of hydrogen-bond donors (Lipinski definition) is 1. The lowest BCUT2D eigenvalue weighted by Crippen LogP contribution is -2.43. The first kappa shape index (κ1) is 13.7. The molecule has 1 aliphatic heterocycles. The van der Waals surface area contributed by atoms with E-state index in [1.165, 1.54) is 11.4 Å². The first-order valence-corrected chi connectivity index (χ1v) is 7.61. The number of thioether (sulfide) groups is 1. The Labute approximate surface area is 114 Å². The molecule has 1 saturated heterocycles. The highest BCUT2D eigenvalue weighted by molar-refractivity contribution is 8.00. The lowest BCUT2D eigenvalue weighted by atomic mass is 10.1. The van der Waals surface area contributed by atoms with Crippen LogP contribution in [-0.2, 0) is 0 Å². The minimum Gasteiger partial charge on any atom is -0.368 e. The molecule has 0 spiro atoms. The van der Waals surface area contributed by atoms with E-state index < -0.39 is 0 Å². The maximum atomic E-state index is 5.99. The molecule has 1 atom stereocenters. The van der Waals surface area contributed by atoms with E-state index in [1.54, 1.807) is 0 Å². The predicted octanol–water partition coefficient (Wildman–Crippen LogP) is 2.82. The molecule has 100 valence electrons. The van der Waals surface area contributed by atoms with Crippen LogP contribution < -0.4 is 10.6 Å². The van der Waals surface area contributed by atoms with Gasteiger partial charge in [0.1, 0.15) is 0 Å². The maximum absolute atomic E-state index is 5.99. The Bertz CT molecular complexity index is 389. The average molecular weight is 265 g/mol. The molecule has 0 saturated carbocycles. The summed E-state index contributed by atoms with van der Waals surface area (Å²) in [6.45, 7) is 8.88. The van der Waals surface area contributed by atoms with Crippen LogP contribution in [0.25, 0.3) is 0 Å². The highest BCUT2D eigenvalue weighted by Crippen LogP contribution is 2.32. The second kappa shape index (κ2) is 5.49. The molecule has 2 rings (SSSR count). The van der Waals surface area contributed by atoms with Crippen molar-refractivity contribution in [3.05, 3.63) is 24.0 Å². The molecule has 1 aliphatic rings. The minimum absolute atomic E-state index is 0.0624. The van der Waals surface area contributed by atoms with E-state index in [2.05, 4.69) is 42.8 Å². The van der Waals surface area contributed by atoms with Crippen molar-refractivity contribution in [2.75, 3.05) is 23.7 Å². The Balaban J connectivity index is 2.09. The normalized spacial score (nSPS) is 20.8. The van der Waals surface area contributed by atoms with Crippen LogP contribution in [0.3, 0.4) is 0 Å². The lowest BCUT2D eigenvalue weighted by Gasteiger charge is -2.38. The summed E-state index contributed by atoms with van der Waals surface area (Å²) in [4.78, 5) is 6.92. The van der Waals surface area contributed by atoms with Gasteiger partial charge in [-0.25, -0.2) is 0 Å². The van der Waals surface area contributed by atoms with E-state index in [-0.39, 0.29) is 6.04 Å². The molecular weight excluding hydrogens is 242 g/mol. The van der Waals surface area contributed by atoms with Gasteiger partial charge in [0.15, 0.2) is 0 Å². The molecular formula is C14H23N3S. The second-order valence-electron chi connectivity index (χ2n) is 5.49. The Morgan fingerprint density at radius 1 is 1.50 bits per heavy atom. The second-order valence-corrected chi connectivity index (χ2v) is 7.29. The first-order chi connectivity index (χ1) is 8.52. The van der Waals surface area contributed by atoms with Crippen molar-refractivity contribution in [1.82, 2.24) is 4.98 Å². The Hall–Kier alpha value is -0.740. The van der Waals surface area contributed by atoms with Crippen molar-refractivity contribution >= 4 is 17.4 Å². The molecule has 4 heteroatoms. The van der Waals surface area contributed by atoms with Crippen molar-refractivity contribution in [1.29, 1.82) is 0 Å². The standard InChI is InChI=1S/C14H23N3S/c1-4-12(15)13-6-5-11(9-16-13)17-7-8-18-14(2,3)10-17/h5-6,9,12H,4,7-8,10,15H2,1-3H3. The Kier molecular flexibility index (Phi) is 4.17. The van der Waals surface area contributed by atoms with Crippen molar-refractivity contribution in [2.45, 2.75) is 38.0 Å². The van der Waals surface area contributed by atoms with Gasteiger partial charge in [0.2, 0.25) is 0 Å². The summed E-state index contributed by atoms with van der Waals surface area (Å²) in [5.41, 5.74) is 8.20. The molecule has 2 heterocycles. The van der Waals surface area contributed by atoms with Crippen molar-refractivity contribution in [2.24, 2.45) is 5.73 Å². The van der Waals surface area contributed by atoms with Crippen LogP contribution in [0.1, 0.15) is 38.9 Å². The summed E-state index contributed by atoms with van der Waals surface area (Å²) in [7, 11) is 0. The molecule has 1 unspecified atom stereocenters. The van der Waals surface area contributed by atoms with Crippen molar-refractivity contribution in [3.8, 4) is 0 Å². The average Bonchev–Trinajstić information content (AvgIpc) is 2.37. The van der Waals surface area contributed by atoms with Crippen LogP contribution in [0.4, 0.5) is 5.69 Å². The van der Waals surface area contributed by atoms with E-state index in [0.29, 0.717) is 4.75 Å². The molecule has 0 bridgehead atoms. The molecule has 18 heavy (non-hydrogen) atoms. The molecule has 1 aromatic heterocycles. The maximum Gasteiger partial charge on any atom is 0.0572 e. The van der Waals surface area contributed by atoms with Gasteiger partial charge in [-0.3, -0.25) is 4.98 Å². The smallest absolute Gasteiger partial charge is 0.0572 e. The topological polar surface area (TPSA) is 42.1 Å². The summed E-state index contributed by atoms with van der Waals surface area (Å²) in [6, 6.07) is 4.29. The fraction of sp³-hybridized carbons (Fsp3) is 0.643. The van der Waals surface area contributed by atoms with E-state index in [4.69, 9.17) is 5.73 Å². The Morgan fingerprint density at radius 2 is 2.28 bits per heavy atom. The van der Waals surface area contributed by atoms with Crippen LogP contribution >= 0.6 is 11.8 Å². The highest BCUT2D eigenvalue weighted by atomic mass is 32.2. The molecule has 0 aliphatic carbocycles. The van der Waals surface area contributed by atoms with Gasteiger partial charge in [0.05, 0.1) is 17.6 Å². The number of nitrogens with zero attached hydrogens (tertiary/aromatic N) is 2. The van der Waals surface area contributed by atoms with Crippen molar-refractivity contribution < 1.29 is 0 Å².